The molecule has 0 saturated carbocycles. The molecule has 27 heavy (non-hydrogen) atoms. The van der Waals surface area contributed by atoms with E-state index < -0.39 is 0 Å². The van der Waals surface area contributed by atoms with E-state index in [1.54, 1.807) is 0 Å². The van der Waals surface area contributed by atoms with Crippen LogP contribution in [0.15, 0.2) is 0 Å². The lowest BCUT2D eigenvalue weighted by Crippen LogP contribution is -2.47. The van der Waals surface area contributed by atoms with Crippen LogP contribution in [0, 0.1) is 25.7 Å². The first kappa shape index (κ1) is 20.3. The molecule has 2 aliphatic rings. The smallest absolute Gasteiger partial charge is 0.244 e. The highest BCUT2D eigenvalue weighted by Gasteiger charge is 2.36. The van der Waals surface area contributed by atoms with Gasteiger partial charge in [0.15, 0.2) is 0 Å². The van der Waals surface area contributed by atoms with Gasteiger partial charge in [0, 0.05) is 64.0 Å². The SMILES string of the molecule is CCc1c(C)nn(CC(=O)N2C[C@@H](CN3CCN(C)CC3)[C@@H](CO)C2)c1C. The maximum atomic E-state index is 12.9. The number of rotatable bonds is 6. The number of amides is 1. The summed E-state index contributed by atoms with van der Waals surface area (Å²) in [7, 11) is 2.16. The Balaban J connectivity index is 1.59. The molecule has 0 unspecified atom stereocenters. The van der Waals surface area contributed by atoms with Crippen LogP contribution in [0.4, 0.5) is 0 Å². The van der Waals surface area contributed by atoms with Crippen LogP contribution in [-0.4, -0.2) is 95.0 Å². The number of piperazine rings is 1. The van der Waals surface area contributed by atoms with E-state index in [1.165, 1.54) is 5.56 Å². The van der Waals surface area contributed by atoms with E-state index in [-0.39, 0.29) is 18.4 Å². The molecule has 1 aromatic rings. The number of aryl methyl sites for hydroxylation is 1. The van der Waals surface area contributed by atoms with E-state index in [2.05, 4.69) is 28.9 Å². The molecule has 0 aromatic carbocycles. The third kappa shape index (κ3) is 4.52. The summed E-state index contributed by atoms with van der Waals surface area (Å²) in [4.78, 5) is 19.6. The van der Waals surface area contributed by atoms with Gasteiger partial charge in [0.05, 0.1) is 5.69 Å². The normalized spacial score (nSPS) is 24.7. The van der Waals surface area contributed by atoms with E-state index in [4.69, 9.17) is 0 Å². The quantitative estimate of drug-likeness (QED) is 0.776. The van der Waals surface area contributed by atoms with Gasteiger partial charge < -0.3 is 19.8 Å². The lowest BCUT2D eigenvalue weighted by Gasteiger charge is -2.34. The van der Waals surface area contributed by atoms with E-state index >= 15 is 0 Å². The monoisotopic (exact) mass is 377 g/mol. The van der Waals surface area contributed by atoms with Gasteiger partial charge in [-0.15, -0.1) is 0 Å². The van der Waals surface area contributed by atoms with Crippen molar-refractivity contribution in [3.63, 3.8) is 0 Å². The Morgan fingerprint density at radius 2 is 1.81 bits per heavy atom. The van der Waals surface area contributed by atoms with Crippen LogP contribution in [0.2, 0.25) is 0 Å². The summed E-state index contributed by atoms with van der Waals surface area (Å²) in [6.45, 7) is 13.3. The van der Waals surface area contributed by atoms with E-state index in [0.29, 0.717) is 19.0 Å². The summed E-state index contributed by atoms with van der Waals surface area (Å²) in [5.41, 5.74) is 3.35. The Morgan fingerprint density at radius 3 is 2.41 bits per heavy atom. The zero-order valence-electron chi connectivity index (χ0n) is 17.3. The van der Waals surface area contributed by atoms with Crippen molar-refractivity contribution in [2.45, 2.75) is 33.7 Å². The molecule has 0 aliphatic carbocycles. The molecule has 2 saturated heterocycles. The van der Waals surface area contributed by atoms with Crippen LogP contribution in [0.25, 0.3) is 0 Å². The van der Waals surface area contributed by atoms with E-state index in [0.717, 1.165) is 57.1 Å². The second-order valence-corrected chi connectivity index (χ2v) is 8.27. The van der Waals surface area contributed by atoms with Crippen molar-refractivity contribution in [2.24, 2.45) is 11.8 Å². The minimum absolute atomic E-state index is 0.114. The molecule has 2 atom stereocenters. The molecule has 7 nitrogen and oxygen atoms in total. The number of nitrogens with zero attached hydrogens (tertiary/aromatic N) is 5. The summed E-state index contributed by atoms with van der Waals surface area (Å²) < 4.78 is 1.85. The van der Waals surface area contributed by atoms with Crippen LogP contribution in [0.1, 0.15) is 23.9 Å². The molecule has 0 spiro atoms. The topological polar surface area (TPSA) is 64.8 Å². The molecule has 3 heterocycles. The lowest BCUT2D eigenvalue weighted by atomic mass is 9.96. The van der Waals surface area contributed by atoms with Crippen molar-refractivity contribution in [2.75, 3.05) is 59.5 Å². The Bertz CT molecular complexity index is 651. The molecule has 7 heteroatoms. The van der Waals surface area contributed by atoms with Gasteiger partial charge in [-0.3, -0.25) is 9.48 Å². The van der Waals surface area contributed by atoms with Crippen LogP contribution in [0.5, 0.6) is 0 Å². The van der Waals surface area contributed by atoms with E-state index in [1.807, 2.05) is 23.4 Å². The first-order valence-corrected chi connectivity index (χ1v) is 10.2. The Hall–Kier alpha value is -1.44. The maximum absolute atomic E-state index is 12.9. The third-order valence-electron chi connectivity index (χ3n) is 6.42. The zero-order chi connectivity index (χ0) is 19.6. The van der Waals surface area contributed by atoms with Gasteiger partial charge in [-0.2, -0.15) is 5.10 Å². The molecule has 1 aromatic heterocycles. The van der Waals surface area contributed by atoms with Crippen molar-refractivity contribution in [1.29, 1.82) is 0 Å². The van der Waals surface area contributed by atoms with Crippen molar-refractivity contribution in [1.82, 2.24) is 24.5 Å². The number of aromatic nitrogens is 2. The zero-order valence-corrected chi connectivity index (χ0v) is 17.3. The molecule has 0 bridgehead atoms. The first-order chi connectivity index (χ1) is 12.9. The predicted molar refractivity (Wildman–Crippen MR) is 106 cm³/mol. The summed E-state index contributed by atoms with van der Waals surface area (Å²) in [5, 5.41) is 14.4. The highest BCUT2D eigenvalue weighted by molar-refractivity contribution is 5.76. The Kier molecular flexibility index (Phi) is 6.55. The van der Waals surface area contributed by atoms with Gasteiger partial charge in [0.1, 0.15) is 6.54 Å². The molecule has 2 fully saturated rings. The number of hydrogen-bond donors (Lipinski definition) is 1. The number of likely N-dealkylation sites (tertiary alicyclic amines) is 1. The molecule has 1 amide bonds. The van der Waals surface area contributed by atoms with Crippen LogP contribution >= 0.6 is 0 Å². The average Bonchev–Trinajstić information content (AvgIpc) is 3.17. The van der Waals surface area contributed by atoms with Gasteiger partial charge in [-0.05, 0) is 38.8 Å². The fourth-order valence-electron chi connectivity index (χ4n) is 4.55. The molecule has 0 radical (unpaired) electrons. The Labute approximate surface area is 162 Å². The highest BCUT2D eigenvalue weighted by atomic mass is 16.3. The fourth-order valence-corrected chi connectivity index (χ4v) is 4.55. The Morgan fingerprint density at radius 1 is 1.15 bits per heavy atom. The summed E-state index contributed by atoms with van der Waals surface area (Å²) in [5.74, 6) is 0.650. The number of aliphatic hydroxyl groups excluding tert-OH is 1. The number of carbonyl (C=O) groups excluding carboxylic acids is 1. The number of hydrogen-bond acceptors (Lipinski definition) is 5. The van der Waals surface area contributed by atoms with Gasteiger partial charge in [0.2, 0.25) is 5.91 Å². The molecule has 2 aliphatic heterocycles. The second kappa shape index (κ2) is 8.71. The number of aliphatic hydroxyl groups is 1. The van der Waals surface area contributed by atoms with Crippen molar-refractivity contribution in [3.05, 3.63) is 17.0 Å². The summed E-state index contributed by atoms with van der Waals surface area (Å²) in [6, 6.07) is 0. The lowest BCUT2D eigenvalue weighted by molar-refractivity contribution is -0.131. The van der Waals surface area contributed by atoms with Crippen LogP contribution < -0.4 is 0 Å². The summed E-state index contributed by atoms with van der Waals surface area (Å²) in [6.07, 6.45) is 0.940. The van der Waals surface area contributed by atoms with Gasteiger partial charge >= 0.3 is 0 Å². The molecular weight excluding hydrogens is 342 g/mol. The second-order valence-electron chi connectivity index (χ2n) is 8.27. The van der Waals surface area contributed by atoms with Crippen LogP contribution in [-0.2, 0) is 17.8 Å². The first-order valence-electron chi connectivity index (χ1n) is 10.2. The number of carbonyl (C=O) groups is 1. The highest BCUT2D eigenvalue weighted by Crippen LogP contribution is 2.25. The third-order valence-corrected chi connectivity index (χ3v) is 6.42. The standard InChI is InChI=1S/C20H35N5O2/c1-5-19-15(2)21-25(16(19)3)13-20(27)24-11-17(18(12-24)14-26)10-23-8-6-22(4)7-9-23/h17-18,26H,5-14H2,1-4H3/t17-,18-/m1/s1. The van der Waals surface area contributed by atoms with E-state index in [9.17, 15) is 9.90 Å². The van der Waals surface area contributed by atoms with Crippen molar-refractivity contribution >= 4 is 5.91 Å². The van der Waals surface area contributed by atoms with Gasteiger partial charge in [-0.1, -0.05) is 6.92 Å². The average molecular weight is 378 g/mol. The number of likely N-dealkylation sites (N-methyl/N-ethyl adjacent to an activating group) is 1. The summed E-state index contributed by atoms with van der Waals surface area (Å²) >= 11 is 0. The van der Waals surface area contributed by atoms with Crippen LogP contribution in [0.3, 0.4) is 0 Å². The van der Waals surface area contributed by atoms with Crippen molar-refractivity contribution < 1.29 is 9.90 Å². The minimum Gasteiger partial charge on any atom is -0.396 e. The van der Waals surface area contributed by atoms with Gasteiger partial charge in [0.25, 0.3) is 0 Å². The fraction of sp³-hybridized carbons (Fsp3) is 0.800. The van der Waals surface area contributed by atoms with Crippen molar-refractivity contribution in [3.8, 4) is 0 Å². The molecule has 152 valence electrons. The predicted octanol–water partition coefficient (Wildman–Crippen LogP) is 0.377. The molecule has 1 N–H and O–H groups in total. The minimum atomic E-state index is 0.114. The largest absolute Gasteiger partial charge is 0.396 e. The molecular formula is C20H35N5O2. The molecule has 3 rings (SSSR count). The van der Waals surface area contributed by atoms with Gasteiger partial charge in [-0.25, -0.2) is 0 Å². The maximum Gasteiger partial charge on any atom is 0.244 e.